The lowest BCUT2D eigenvalue weighted by atomic mass is 10.2. The van der Waals surface area contributed by atoms with E-state index >= 15 is 0 Å². The Labute approximate surface area is 126 Å². The second-order valence-corrected chi connectivity index (χ2v) is 4.88. The monoisotopic (exact) mass is 327 g/mol. The molecule has 6 nitrogen and oxygen atoms in total. The minimum Gasteiger partial charge on any atom is -0.377 e. The van der Waals surface area contributed by atoms with Crippen LogP contribution in [-0.4, -0.2) is 19.5 Å². The molecule has 0 bridgehead atoms. The van der Waals surface area contributed by atoms with Crippen LogP contribution in [0.15, 0.2) is 34.4 Å². The molecule has 114 valence electrons. The molecular weight excluding hydrogens is 319 g/mol. The maximum absolute atomic E-state index is 12.4. The molecule has 0 aromatic carbocycles. The normalized spacial score (nSPS) is 11.6. The van der Waals surface area contributed by atoms with E-state index in [9.17, 15) is 13.2 Å². The second kappa shape index (κ2) is 5.72. The van der Waals surface area contributed by atoms with E-state index in [0.29, 0.717) is 12.1 Å². The minimum atomic E-state index is -4.66. The first-order chi connectivity index (χ1) is 10.5. The summed E-state index contributed by atoms with van der Waals surface area (Å²) >= 11 is 1.33. The zero-order valence-corrected chi connectivity index (χ0v) is 11.6. The Morgan fingerprint density at radius 1 is 1.23 bits per heavy atom. The molecule has 3 heterocycles. The average Bonchev–Trinajstić information content (AvgIpc) is 3.16. The lowest BCUT2D eigenvalue weighted by Gasteiger charge is -2.03. The van der Waals surface area contributed by atoms with Gasteiger partial charge in [0.05, 0.1) is 24.1 Å². The average molecular weight is 327 g/mol. The minimum absolute atomic E-state index is 0.152. The smallest absolute Gasteiger partial charge is 0.377 e. The topological polar surface area (TPSA) is 76.7 Å². The molecule has 10 heteroatoms. The zero-order valence-electron chi connectivity index (χ0n) is 10.8. The van der Waals surface area contributed by atoms with Crippen molar-refractivity contribution in [3.05, 3.63) is 41.5 Å². The maximum atomic E-state index is 12.4. The van der Waals surface area contributed by atoms with Crippen molar-refractivity contribution in [1.29, 1.82) is 0 Å². The number of rotatable bonds is 4. The number of aromatic nitrogens is 4. The third-order valence-electron chi connectivity index (χ3n) is 2.66. The van der Waals surface area contributed by atoms with Crippen molar-refractivity contribution in [3.63, 3.8) is 0 Å². The molecule has 0 aliphatic carbocycles. The Bertz CT molecular complexity index is 739. The molecule has 0 saturated carbocycles. The molecule has 3 aromatic rings. The van der Waals surface area contributed by atoms with Gasteiger partial charge in [-0.15, -0.1) is 0 Å². The Morgan fingerprint density at radius 2 is 2.09 bits per heavy atom. The molecule has 0 atom stereocenters. The highest BCUT2D eigenvalue weighted by atomic mass is 32.1. The fraction of sp³-hybridized carbons (Fsp3) is 0.167. The summed E-state index contributed by atoms with van der Waals surface area (Å²) in [7, 11) is 0. The fourth-order valence-electron chi connectivity index (χ4n) is 1.60. The summed E-state index contributed by atoms with van der Waals surface area (Å²) in [5.74, 6) is -1.53. The number of halogens is 3. The van der Waals surface area contributed by atoms with E-state index in [-0.39, 0.29) is 5.82 Å². The van der Waals surface area contributed by atoms with Crippen molar-refractivity contribution >= 4 is 17.2 Å². The van der Waals surface area contributed by atoms with E-state index in [4.69, 9.17) is 0 Å². The van der Waals surface area contributed by atoms with Crippen LogP contribution in [-0.2, 0) is 12.7 Å². The second-order valence-electron chi connectivity index (χ2n) is 4.23. The van der Waals surface area contributed by atoms with Crippen molar-refractivity contribution in [3.8, 4) is 11.4 Å². The van der Waals surface area contributed by atoms with Gasteiger partial charge in [-0.1, -0.05) is 5.16 Å². The van der Waals surface area contributed by atoms with Crippen molar-refractivity contribution in [2.45, 2.75) is 12.7 Å². The summed E-state index contributed by atoms with van der Waals surface area (Å²) in [6.45, 7) is 0.471. The van der Waals surface area contributed by atoms with Gasteiger partial charge in [0.15, 0.2) is 0 Å². The van der Waals surface area contributed by atoms with E-state index in [1.807, 2.05) is 5.38 Å². The Kier molecular flexibility index (Phi) is 3.75. The summed E-state index contributed by atoms with van der Waals surface area (Å²) in [5, 5.41) is 8.27. The lowest BCUT2D eigenvalue weighted by Crippen LogP contribution is -2.05. The van der Waals surface area contributed by atoms with Crippen LogP contribution in [0, 0.1) is 0 Å². The third-order valence-corrected chi connectivity index (χ3v) is 3.24. The molecule has 22 heavy (non-hydrogen) atoms. The van der Waals surface area contributed by atoms with Gasteiger partial charge in [0.2, 0.25) is 5.82 Å². The molecule has 0 aliphatic rings. The van der Waals surface area contributed by atoms with Gasteiger partial charge in [-0.2, -0.15) is 22.5 Å². The summed E-state index contributed by atoms with van der Waals surface area (Å²) in [6.07, 6.45) is -1.57. The predicted octanol–water partition coefficient (Wildman–Crippen LogP) is 3.22. The molecule has 0 unspecified atom stereocenters. The quantitative estimate of drug-likeness (QED) is 0.793. The number of nitrogens with zero attached hydrogens (tertiary/aromatic N) is 4. The summed E-state index contributed by atoms with van der Waals surface area (Å²) in [4.78, 5) is 7.45. The highest BCUT2D eigenvalue weighted by Gasteiger charge is 2.38. The Morgan fingerprint density at radius 3 is 2.68 bits per heavy atom. The molecule has 1 N–H and O–H groups in total. The van der Waals surface area contributed by atoms with E-state index < -0.39 is 12.1 Å². The van der Waals surface area contributed by atoms with Crippen molar-refractivity contribution < 1.29 is 17.7 Å². The summed E-state index contributed by atoms with van der Waals surface area (Å²) in [6, 6.07) is 3.26. The van der Waals surface area contributed by atoms with Gasteiger partial charge in [-0.3, -0.25) is 4.98 Å². The predicted molar refractivity (Wildman–Crippen MR) is 72.0 cm³/mol. The van der Waals surface area contributed by atoms with Crippen LogP contribution < -0.4 is 5.32 Å². The number of nitrogens with one attached hydrogen (secondary N) is 1. The van der Waals surface area contributed by atoms with Gasteiger partial charge in [0.25, 0.3) is 0 Å². The molecule has 0 saturated heterocycles. The SMILES string of the molecule is FC(F)(F)c1nc(-c2ccc(CNc3cnsc3)nc2)no1. The first-order valence-corrected chi connectivity index (χ1v) is 6.85. The van der Waals surface area contributed by atoms with Crippen molar-refractivity contribution in [2.75, 3.05) is 5.32 Å². The molecule has 3 aromatic heterocycles. The highest BCUT2D eigenvalue weighted by Crippen LogP contribution is 2.29. The van der Waals surface area contributed by atoms with E-state index in [2.05, 4.69) is 29.3 Å². The van der Waals surface area contributed by atoms with Gasteiger partial charge < -0.3 is 9.84 Å². The first-order valence-electron chi connectivity index (χ1n) is 6.02. The third kappa shape index (κ3) is 3.22. The number of alkyl halides is 3. The number of pyridine rings is 1. The first kappa shape index (κ1) is 14.4. The van der Waals surface area contributed by atoms with Gasteiger partial charge in [0.1, 0.15) is 0 Å². The lowest BCUT2D eigenvalue weighted by molar-refractivity contribution is -0.159. The Hall–Kier alpha value is -2.49. The van der Waals surface area contributed by atoms with Crippen LogP contribution in [0.3, 0.4) is 0 Å². The van der Waals surface area contributed by atoms with Crippen LogP contribution in [0.1, 0.15) is 11.6 Å². The Balaban J connectivity index is 1.70. The van der Waals surface area contributed by atoms with Crippen LogP contribution in [0.25, 0.3) is 11.4 Å². The fourth-order valence-corrected chi connectivity index (χ4v) is 2.10. The summed E-state index contributed by atoms with van der Waals surface area (Å²) < 4.78 is 45.3. The molecule has 0 aliphatic heterocycles. The van der Waals surface area contributed by atoms with Crippen molar-refractivity contribution in [2.24, 2.45) is 0 Å². The molecule has 0 fully saturated rings. The standard InChI is InChI=1S/C12H8F3N5OS/c13-12(14,15)11-19-10(20-21-11)7-1-2-8(16-3-7)4-17-9-5-18-22-6-9/h1-3,5-6,17H,4H2. The van der Waals surface area contributed by atoms with Gasteiger partial charge in [0, 0.05) is 17.1 Å². The van der Waals surface area contributed by atoms with E-state index in [0.717, 1.165) is 11.4 Å². The zero-order chi connectivity index (χ0) is 15.6. The van der Waals surface area contributed by atoms with Crippen LogP contribution in [0.5, 0.6) is 0 Å². The molecule has 0 amide bonds. The summed E-state index contributed by atoms with van der Waals surface area (Å²) in [5.41, 5.74) is 1.94. The van der Waals surface area contributed by atoms with Crippen molar-refractivity contribution in [1.82, 2.24) is 19.5 Å². The molecule has 0 radical (unpaired) electrons. The number of hydrogen-bond donors (Lipinski definition) is 1. The molecular formula is C12H8F3N5OS. The van der Waals surface area contributed by atoms with Crippen LogP contribution in [0.4, 0.5) is 18.9 Å². The van der Waals surface area contributed by atoms with E-state index in [1.54, 1.807) is 18.3 Å². The van der Waals surface area contributed by atoms with Gasteiger partial charge in [-0.05, 0) is 23.7 Å². The van der Waals surface area contributed by atoms with Gasteiger partial charge >= 0.3 is 12.1 Å². The van der Waals surface area contributed by atoms with Crippen LogP contribution in [0.2, 0.25) is 0 Å². The largest absolute Gasteiger partial charge is 0.471 e. The number of anilines is 1. The van der Waals surface area contributed by atoms with Crippen LogP contribution >= 0.6 is 11.5 Å². The maximum Gasteiger partial charge on any atom is 0.471 e. The number of hydrogen-bond acceptors (Lipinski definition) is 7. The highest BCUT2D eigenvalue weighted by molar-refractivity contribution is 7.04. The molecule has 3 rings (SSSR count). The van der Waals surface area contributed by atoms with E-state index in [1.165, 1.54) is 17.7 Å². The van der Waals surface area contributed by atoms with Gasteiger partial charge in [-0.25, -0.2) is 0 Å². The molecule has 0 spiro atoms.